The van der Waals surface area contributed by atoms with Crippen molar-refractivity contribution >= 4 is 17.7 Å². The Balaban J connectivity index is 1.80. The lowest BCUT2D eigenvalue weighted by Crippen LogP contribution is -2.34. The van der Waals surface area contributed by atoms with Gasteiger partial charge in [-0.25, -0.2) is 8.78 Å². The molecule has 2 atom stereocenters. The van der Waals surface area contributed by atoms with Crippen LogP contribution in [0.15, 0.2) is 30.4 Å². The average Bonchev–Trinajstić information content (AvgIpc) is 2.99. The van der Waals surface area contributed by atoms with E-state index in [1.807, 2.05) is 11.0 Å². The Hall–Kier alpha value is -1.44. The van der Waals surface area contributed by atoms with Gasteiger partial charge in [-0.3, -0.25) is 4.79 Å². The van der Waals surface area contributed by atoms with E-state index in [1.165, 1.54) is 6.07 Å². The van der Waals surface area contributed by atoms with E-state index in [2.05, 4.69) is 0 Å². The zero-order valence-corrected chi connectivity index (χ0v) is 16.1. The second kappa shape index (κ2) is 11.4. The fraction of sp³-hybridized carbons (Fsp3) is 0.550. The number of nitrogens with zero attached hydrogens (tertiary/aromatic N) is 1. The van der Waals surface area contributed by atoms with Crippen LogP contribution >= 0.6 is 11.8 Å². The van der Waals surface area contributed by atoms with E-state index >= 15 is 0 Å². The maximum absolute atomic E-state index is 13.2. The Morgan fingerprint density at radius 2 is 2.07 bits per heavy atom. The summed E-state index contributed by atoms with van der Waals surface area (Å²) in [4.78, 5) is 13.9. The zero-order valence-electron chi connectivity index (χ0n) is 15.3. The molecule has 2 rings (SSSR count). The van der Waals surface area contributed by atoms with E-state index in [-0.39, 0.29) is 25.0 Å². The summed E-state index contributed by atoms with van der Waals surface area (Å²) < 4.78 is 26.2. The lowest BCUT2D eigenvalue weighted by molar-refractivity contribution is -0.128. The third-order valence-corrected chi connectivity index (χ3v) is 5.58. The van der Waals surface area contributed by atoms with Crippen LogP contribution in [0.3, 0.4) is 0 Å². The van der Waals surface area contributed by atoms with Crippen LogP contribution in [0.4, 0.5) is 8.78 Å². The molecule has 1 aliphatic heterocycles. The Kier molecular flexibility index (Phi) is 9.24. The van der Waals surface area contributed by atoms with Crippen molar-refractivity contribution < 1.29 is 23.8 Å². The Morgan fingerprint density at radius 1 is 1.26 bits per heavy atom. The minimum absolute atomic E-state index is 0.0323. The lowest BCUT2D eigenvalue weighted by atomic mass is 10.1. The third-order valence-electron chi connectivity index (χ3n) is 4.53. The van der Waals surface area contributed by atoms with Gasteiger partial charge in [0.1, 0.15) is 0 Å². The summed E-state index contributed by atoms with van der Waals surface area (Å²) >= 11 is 1.77. The number of carbonyl (C=O) groups is 1. The molecule has 0 unspecified atom stereocenters. The van der Waals surface area contributed by atoms with E-state index in [9.17, 15) is 18.7 Å². The van der Waals surface area contributed by atoms with E-state index < -0.39 is 17.7 Å². The Morgan fingerprint density at radius 3 is 2.81 bits per heavy atom. The fourth-order valence-electron chi connectivity index (χ4n) is 3.06. The molecule has 1 aliphatic rings. The number of hydrogen-bond donors (Lipinski definition) is 2. The maximum Gasteiger partial charge on any atom is 0.223 e. The molecule has 27 heavy (non-hydrogen) atoms. The second-order valence-electron chi connectivity index (χ2n) is 6.64. The van der Waals surface area contributed by atoms with Crippen LogP contribution in [-0.4, -0.2) is 57.8 Å². The van der Waals surface area contributed by atoms with Crippen LogP contribution < -0.4 is 0 Å². The fourth-order valence-corrected chi connectivity index (χ4v) is 4.00. The van der Waals surface area contributed by atoms with E-state index in [0.717, 1.165) is 42.9 Å². The second-order valence-corrected chi connectivity index (χ2v) is 7.87. The first-order valence-corrected chi connectivity index (χ1v) is 10.4. The third kappa shape index (κ3) is 7.24. The molecule has 1 amide bonds. The van der Waals surface area contributed by atoms with Crippen LogP contribution in [0.5, 0.6) is 0 Å². The molecule has 150 valence electrons. The lowest BCUT2D eigenvalue weighted by Gasteiger charge is -2.22. The number of unbranched alkanes of at least 4 members (excludes halogenated alkanes) is 1. The molecule has 2 N–H and O–H groups in total. The molecule has 0 bridgehead atoms. The molecule has 0 radical (unpaired) electrons. The number of carbonyl (C=O) groups excluding carboxylic acids is 1. The van der Waals surface area contributed by atoms with Crippen LogP contribution in [0.1, 0.15) is 31.2 Å². The maximum atomic E-state index is 13.2. The van der Waals surface area contributed by atoms with Gasteiger partial charge in [0.15, 0.2) is 11.6 Å². The SMILES string of the molecule is O=C1CC[C@H](/C=C/[C@@H](O)Cc2ccc(F)c(F)c2)N1CCSCCCCO. The highest BCUT2D eigenvalue weighted by Gasteiger charge is 2.28. The van der Waals surface area contributed by atoms with Crippen LogP contribution in [-0.2, 0) is 11.2 Å². The molecule has 7 heteroatoms. The van der Waals surface area contributed by atoms with Crippen molar-refractivity contribution in [1.29, 1.82) is 0 Å². The quantitative estimate of drug-likeness (QED) is 0.444. The standard InChI is InChI=1S/C20H27F2NO3S/c21-18-7-3-15(14-19(18)22)13-17(25)6-4-16-5-8-20(26)23(16)9-12-27-11-2-1-10-24/h3-4,6-7,14,16-17,24-25H,1-2,5,8-13H2/b6-4+/t16-,17+/m0/s1. The first kappa shape index (κ1) is 21.9. The van der Waals surface area contributed by atoms with Crippen molar-refractivity contribution in [3.05, 3.63) is 47.5 Å². The molecule has 1 saturated heterocycles. The van der Waals surface area contributed by atoms with Gasteiger partial charge in [0.25, 0.3) is 0 Å². The molecule has 4 nitrogen and oxygen atoms in total. The first-order chi connectivity index (χ1) is 13.0. The highest BCUT2D eigenvalue weighted by atomic mass is 32.2. The van der Waals surface area contributed by atoms with Gasteiger partial charge in [0.05, 0.1) is 12.1 Å². The summed E-state index contributed by atoms with van der Waals surface area (Å²) in [6.45, 7) is 0.877. The van der Waals surface area contributed by atoms with Crippen molar-refractivity contribution in [1.82, 2.24) is 4.90 Å². The van der Waals surface area contributed by atoms with Crippen molar-refractivity contribution in [3.8, 4) is 0 Å². The van der Waals surface area contributed by atoms with Crippen molar-refractivity contribution in [2.24, 2.45) is 0 Å². The summed E-state index contributed by atoms with van der Waals surface area (Å²) in [5.41, 5.74) is 0.518. The summed E-state index contributed by atoms with van der Waals surface area (Å²) in [5, 5.41) is 18.9. The smallest absolute Gasteiger partial charge is 0.223 e. The predicted octanol–water partition coefficient (Wildman–Crippen LogP) is 2.92. The molecular formula is C20H27F2NO3S. The summed E-state index contributed by atoms with van der Waals surface area (Å²) in [6, 6.07) is 3.56. The van der Waals surface area contributed by atoms with Gasteiger partial charge < -0.3 is 15.1 Å². The predicted molar refractivity (Wildman–Crippen MR) is 104 cm³/mol. The van der Waals surface area contributed by atoms with Crippen LogP contribution in [0.25, 0.3) is 0 Å². The molecule has 1 aromatic rings. The molecule has 1 aromatic carbocycles. The topological polar surface area (TPSA) is 60.8 Å². The zero-order chi connectivity index (χ0) is 19.6. The van der Waals surface area contributed by atoms with Crippen LogP contribution in [0.2, 0.25) is 0 Å². The number of aliphatic hydroxyl groups excluding tert-OH is 2. The number of likely N-dealkylation sites (tertiary alicyclic amines) is 1. The van der Waals surface area contributed by atoms with Crippen molar-refractivity contribution in [2.75, 3.05) is 24.7 Å². The first-order valence-electron chi connectivity index (χ1n) is 9.29. The minimum atomic E-state index is -0.923. The number of amides is 1. The molecular weight excluding hydrogens is 372 g/mol. The van der Waals surface area contributed by atoms with Gasteiger partial charge in [0.2, 0.25) is 5.91 Å². The van der Waals surface area contributed by atoms with Crippen molar-refractivity contribution in [3.63, 3.8) is 0 Å². The number of aliphatic hydroxyl groups is 2. The number of rotatable bonds is 11. The largest absolute Gasteiger partial charge is 0.396 e. The normalized spacial score (nSPS) is 18.6. The van der Waals surface area contributed by atoms with Gasteiger partial charge >= 0.3 is 0 Å². The van der Waals surface area contributed by atoms with Crippen LogP contribution in [0, 0.1) is 11.6 Å². The van der Waals surface area contributed by atoms with Gasteiger partial charge in [0, 0.05) is 31.7 Å². The molecule has 1 fully saturated rings. The molecule has 0 aromatic heterocycles. The number of benzene rings is 1. The van der Waals surface area contributed by atoms with Gasteiger partial charge in [-0.15, -0.1) is 0 Å². The van der Waals surface area contributed by atoms with E-state index in [1.54, 1.807) is 17.8 Å². The molecule has 0 spiro atoms. The summed E-state index contributed by atoms with van der Waals surface area (Å²) in [7, 11) is 0. The van der Waals surface area contributed by atoms with Gasteiger partial charge in [-0.2, -0.15) is 11.8 Å². The Labute approximate surface area is 163 Å². The number of halogens is 2. The monoisotopic (exact) mass is 399 g/mol. The van der Waals surface area contributed by atoms with Gasteiger partial charge in [-0.1, -0.05) is 18.2 Å². The molecule has 1 heterocycles. The Bertz CT molecular complexity index is 642. The highest BCUT2D eigenvalue weighted by Crippen LogP contribution is 2.21. The minimum Gasteiger partial charge on any atom is -0.396 e. The number of hydrogen-bond acceptors (Lipinski definition) is 4. The van der Waals surface area contributed by atoms with E-state index in [0.29, 0.717) is 18.5 Å². The molecule has 0 aliphatic carbocycles. The average molecular weight is 400 g/mol. The summed E-state index contributed by atoms with van der Waals surface area (Å²) in [6.07, 6.45) is 5.84. The summed E-state index contributed by atoms with van der Waals surface area (Å²) in [5.74, 6) is 0.108. The van der Waals surface area contributed by atoms with Gasteiger partial charge in [-0.05, 0) is 42.7 Å². The molecule has 0 saturated carbocycles. The van der Waals surface area contributed by atoms with E-state index in [4.69, 9.17) is 5.11 Å². The highest BCUT2D eigenvalue weighted by molar-refractivity contribution is 7.99. The number of thioether (sulfide) groups is 1. The van der Waals surface area contributed by atoms with Crippen molar-refractivity contribution in [2.45, 2.75) is 44.2 Å².